The fourth-order valence-electron chi connectivity index (χ4n) is 4.82. The Morgan fingerprint density at radius 1 is 1.07 bits per heavy atom. The number of rotatable bonds is 3. The molecule has 0 aromatic heterocycles. The highest BCUT2D eigenvalue weighted by atomic mass is 16.2. The summed E-state index contributed by atoms with van der Waals surface area (Å²) in [6, 6.07) is 15.2. The quantitative estimate of drug-likeness (QED) is 0.807. The number of imide groups is 1. The van der Waals surface area contributed by atoms with Crippen molar-refractivity contribution in [2.45, 2.75) is 37.3 Å². The Bertz CT molecular complexity index is 1000. The van der Waals surface area contributed by atoms with Crippen molar-refractivity contribution in [2.75, 3.05) is 6.54 Å². The van der Waals surface area contributed by atoms with Gasteiger partial charge in [0.05, 0.1) is 6.04 Å². The molecule has 5 rings (SSSR count). The molecule has 2 aliphatic carbocycles. The van der Waals surface area contributed by atoms with Crippen LogP contribution in [0.4, 0.5) is 4.79 Å². The van der Waals surface area contributed by atoms with Gasteiger partial charge in [-0.25, -0.2) is 4.79 Å². The number of hydrogen-bond donors (Lipinski definition) is 2. The van der Waals surface area contributed by atoms with Gasteiger partial charge in [0.25, 0.3) is 5.91 Å². The lowest BCUT2D eigenvalue weighted by Crippen LogP contribution is -2.44. The summed E-state index contributed by atoms with van der Waals surface area (Å²) >= 11 is 0. The fraction of sp³-hybridized carbons (Fsp3) is 0.318. The smallest absolute Gasteiger partial charge is 0.325 e. The molecule has 3 aliphatic rings. The summed E-state index contributed by atoms with van der Waals surface area (Å²) in [7, 11) is 0. The highest BCUT2D eigenvalue weighted by Crippen LogP contribution is 2.41. The number of carbonyl (C=O) groups is 3. The van der Waals surface area contributed by atoms with Gasteiger partial charge in [-0.05, 0) is 47.9 Å². The summed E-state index contributed by atoms with van der Waals surface area (Å²) in [5.74, 6) is -0.641. The fourth-order valence-corrected chi connectivity index (χ4v) is 4.82. The van der Waals surface area contributed by atoms with E-state index in [1.807, 2.05) is 42.5 Å². The van der Waals surface area contributed by atoms with E-state index in [1.54, 1.807) is 0 Å². The van der Waals surface area contributed by atoms with Crippen LogP contribution >= 0.6 is 0 Å². The van der Waals surface area contributed by atoms with E-state index >= 15 is 0 Å². The Morgan fingerprint density at radius 3 is 2.68 bits per heavy atom. The molecular weight excluding hydrogens is 354 g/mol. The van der Waals surface area contributed by atoms with Crippen LogP contribution in [0.2, 0.25) is 0 Å². The van der Waals surface area contributed by atoms with Crippen molar-refractivity contribution in [3.8, 4) is 0 Å². The van der Waals surface area contributed by atoms with Crippen LogP contribution in [0.1, 0.15) is 41.1 Å². The molecule has 4 amide bonds. The van der Waals surface area contributed by atoms with Crippen LogP contribution in [0.25, 0.3) is 0 Å². The molecule has 2 N–H and O–H groups in total. The van der Waals surface area contributed by atoms with E-state index in [4.69, 9.17) is 0 Å². The maximum Gasteiger partial charge on any atom is 0.325 e. The van der Waals surface area contributed by atoms with E-state index < -0.39 is 11.6 Å². The summed E-state index contributed by atoms with van der Waals surface area (Å²) in [4.78, 5) is 39.4. The minimum atomic E-state index is -1.02. The first-order chi connectivity index (χ1) is 13.6. The Hall–Kier alpha value is -3.15. The minimum Gasteiger partial charge on any atom is -0.348 e. The Kier molecular flexibility index (Phi) is 3.75. The van der Waals surface area contributed by atoms with Crippen LogP contribution in [-0.4, -0.2) is 29.3 Å². The molecule has 0 radical (unpaired) electrons. The average molecular weight is 375 g/mol. The number of amides is 4. The second-order valence-electron chi connectivity index (χ2n) is 7.74. The first-order valence-electron chi connectivity index (χ1n) is 9.68. The second kappa shape index (κ2) is 6.19. The third-order valence-corrected chi connectivity index (χ3v) is 6.19. The van der Waals surface area contributed by atoms with Gasteiger partial charge in [-0.3, -0.25) is 14.5 Å². The van der Waals surface area contributed by atoms with E-state index in [9.17, 15) is 14.4 Å². The first kappa shape index (κ1) is 17.0. The third kappa shape index (κ3) is 2.44. The molecule has 1 aliphatic heterocycles. The predicted molar refractivity (Wildman–Crippen MR) is 102 cm³/mol. The standard InChI is InChI=1S/C22H21N3O3/c26-19(23-18-10-9-14-5-1-3-7-16(14)18)13-25-20(27)22(24-21(25)28)12-11-15-6-2-4-8-17(15)22/h1-8,18H,9-13H2,(H,23,26)(H,24,28). The number of urea groups is 1. The van der Waals surface area contributed by atoms with Crippen LogP contribution in [0.5, 0.6) is 0 Å². The van der Waals surface area contributed by atoms with Crippen molar-refractivity contribution in [2.24, 2.45) is 0 Å². The molecule has 2 aromatic rings. The second-order valence-corrected chi connectivity index (χ2v) is 7.74. The van der Waals surface area contributed by atoms with E-state index in [2.05, 4.69) is 16.7 Å². The zero-order chi connectivity index (χ0) is 19.3. The largest absolute Gasteiger partial charge is 0.348 e. The molecule has 142 valence electrons. The summed E-state index contributed by atoms with van der Waals surface area (Å²) in [5.41, 5.74) is 3.26. The third-order valence-electron chi connectivity index (χ3n) is 6.19. The van der Waals surface area contributed by atoms with Crippen molar-refractivity contribution in [3.05, 3.63) is 70.8 Å². The molecule has 28 heavy (non-hydrogen) atoms. The lowest BCUT2D eigenvalue weighted by molar-refractivity contribution is -0.135. The maximum atomic E-state index is 13.1. The molecule has 1 fully saturated rings. The van der Waals surface area contributed by atoms with Crippen LogP contribution in [0.15, 0.2) is 48.5 Å². The molecule has 2 unspecified atom stereocenters. The molecule has 2 aromatic carbocycles. The highest BCUT2D eigenvalue weighted by Gasteiger charge is 2.55. The molecular formula is C22H21N3O3. The van der Waals surface area contributed by atoms with Gasteiger partial charge in [0, 0.05) is 0 Å². The summed E-state index contributed by atoms with van der Waals surface area (Å²) in [6.07, 6.45) is 3.03. The molecule has 6 nitrogen and oxygen atoms in total. The van der Waals surface area contributed by atoms with Gasteiger partial charge >= 0.3 is 6.03 Å². The summed E-state index contributed by atoms with van der Waals surface area (Å²) in [5, 5.41) is 5.85. The van der Waals surface area contributed by atoms with Crippen molar-refractivity contribution in [1.82, 2.24) is 15.5 Å². The number of aryl methyl sites for hydroxylation is 2. The number of hydrogen-bond acceptors (Lipinski definition) is 3. The van der Waals surface area contributed by atoms with Gasteiger partial charge in [-0.2, -0.15) is 0 Å². The summed E-state index contributed by atoms with van der Waals surface area (Å²) < 4.78 is 0. The zero-order valence-electron chi connectivity index (χ0n) is 15.4. The lowest BCUT2D eigenvalue weighted by Gasteiger charge is -2.22. The van der Waals surface area contributed by atoms with Crippen LogP contribution in [0.3, 0.4) is 0 Å². The maximum absolute atomic E-state index is 13.1. The van der Waals surface area contributed by atoms with Crippen LogP contribution in [0, 0.1) is 0 Å². The van der Waals surface area contributed by atoms with Crippen LogP contribution in [-0.2, 0) is 28.0 Å². The van der Waals surface area contributed by atoms with Crippen molar-refractivity contribution < 1.29 is 14.4 Å². The molecule has 1 saturated heterocycles. The van der Waals surface area contributed by atoms with Crippen LogP contribution < -0.4 is 10.6 Å². The molecule has 6 heteroatoms. The van der Waals surface area contributed by atoms with Crippen molar-refractivity contribution in [3.63, 3.8) is 0 Å². The van der Waals surface area contributed by atoms with Gasteiger partial charge < -0.3 is 10.6 Å². The SMILES string of the molecule is O=C(CN1C(=O)NC2(CCc3ccccc32)C1=O)NC1CCc2ccccc21. The van der Waals surface area contributed by atoms with Gasteiger partial charge in [0.15, 0.2) is 0 Å². The van der Waals surface area contributed by atoms with Crippen molar-refractivity contribution >= 4 is 17.8 Å². The molecule has 0 bridgehead atoms. The Labute approximate surface area is 162 Å². The van der Waals surface area contributed by atoms with Crippen molar-refractivity contribution in [1.29, 1.82) is 0 Å². The minimum absolute atomic E-state index is 0.0642. The normalized spacial score (nSPS) is 25.0. The average Bonchev–Trinajstić information content (AvgIpc) is 3.35. The zero-order valence-corrected chi connectivity index (χ0v) is 15.4. The molecule has 1 heterocycles. The van der Waals surface area contributed by atoms with E-state index in [0.717, 1.165) is 40.9 Å². The Morgan fingerprint density at radius 2 is 1.82 bits per heavy atom. The number of benzene rings is 2. The number of fused-ring (bicyclic) bond motifs is 3. The Balaban J connectivity index is 1.32. The van der Waals surface area contributed by atoms with E-state index in [-0.39, 0.29) is 24.4 Å². The molecule has 2 atom stereocenters. The van der Waals surface area contributed by atoms with E-state index in [0.29, 0.717) is 6.42 Å². The van der Waals surface area contributed by atoms with Gasteiger partial charge in [-0.1, -0.05) is 48.5 Å². The van der Waals surface area contributed by atoms with Gasteiger partial charge in [0.1, 0.15) is 12.1 Å². The number of nitrogens with zero attached hydrogens (tertiary/aromatic N) is 1. The molecule has 0 saturated carbocycles. The molecule has 1 spiro atoms. The monoisotopic (exact) mass is 375 g/mol. The number of nitrogens with one attached hydrogen (secondary N) is 2. The topological polar surface area (TPSA) is 78.5 Å². The summed E-state index contributed by atoms with van der Waals surface area (Å²) in [6.45, 7) is -0.257. The van der Waals surface area contributed by atoms with Gasteiger partial charge in [0.2, 0.25) is 5.91 Å². The van der Waals surface area contributed by atoms with Gasteiger partial charge in [-0.15, -0.1) is 0 Å². The highest BCUT2D eigenvalue weighted by molar-refractivity contribution is 6.09. The lowest BCUT2D eigenvalue weighted by atomic mass is 9.92. The predicted octanol–water partition coefficient (Wildman–Crippen LogP) is 2.18. The first-order valence-corrected chi connectivity index (χ1v) is 9.68. The number of carbonyl (C=O) groups excluding carboxylic acids is 3. The van der Waals surface area contributed by atoms with E-state index in [1.165, 1.54) is 5.56 Å².